The highest BCUT2D eigenvalue weighted by Crippen LogP contribution is 2.40. The first-order valence-electron chi connectivity index (χ1n) is 6.46. The Labute approximate surface area is 120 Å². The van der Waals surface area contributed by atoms with Crippen molar-refractivity contribution in [2.45, 2.75) is 38.5 Å². The largest absolute Gasteiger partial charge is 0.480 e. The van der Waals surface area contributed by atoms with E-state index in [0.29, 0.717) is 5.57 Å². The third-order valence-corrected chi connectivity index (χ3v) is 4.15. The van der Waals surface area contributed by atoms with Gasteiger partial charge in [0.05, 0.1) is 0 Å². The van der Waals surface area contributed by atoms with Gasteiger partial charge in [-0.25, -0.2) is 4.79 Å². The lowest BCUT2D eigenvalue weighted by molar-refractivity contribution is -0.139. The fraction of sp³-hybridized carbons (Fsp3) is 0.438. The fourth-order valence-corrected chi connectivity index (χ4v) is 2.48. The van der Waals surface area contributed by atoms with Crippen molar-refractivity contribution < 1.29 is 9.90 Å². The molecule has 1 aromatic carbocycles. The zero-order valence-corrected chi connectivity index (χ0v) is 12.6. The molecule has 0 spiro atoms. The van der Waals surface area contributed by atoms with Gasteiger partial charge in [0, 0.05) is 5.92 Å². The highest BCUT2D eigenvalue weighted by Gasteiger charge is 2.44. The van der Waals surface area contributed by atoms with E-state index in [4.69, 9.17) is 11.6 Å². The average Bonchev–Trinajstić information content (AvgIpc) is 2.36. The van der Waals surface area contributed by atoms with E-state index in [2.05, 4.69) is 0 Å². The molecule has 0 heterocycles. The normalized spacial score (nSPS) is 17.1. The van der Waals surface area contributed by atoms with E-state index in [-0.39, 0.29) is 11.8 Å². The van der Waals surface area contributed by atoms with Crippen LogP contribution in [0, 0.1) is 5.92 Å². The standard InChI is InChI=1S/C16H21ClO2/c1-11(2)10-12(3)16(17,15(18)19)13(4)14-8-6-5-7-9-14/h5-11,13H,1-4H3,(H,18,19). The lowest BCUT2D eigenvalue weighted by Gasteiger charge is -2.31. The van der Waals surface area contributed by atoms with Gasteiger partial charge in [-0.2, -0.15) is 0 Å². The number of alkyl halides is 1. The molecule has 1 aromatic rings. The molecule has 19 heavy (non-hydrogen) atoms. The van der Waals surface area contributed by atoms with Crippen molar-refractivity contribution in [3.8, 4) is 0 Å². The van der Waals surface area contributed by atoms with Crippen molar-refractivity contribution in [3.05, 3.63) is 47.5 Å². The number of aliphatic carboxylic acids is 1. The number of carbonyl (C=O) groups is 1. The van der Waals surface area contributed by atoms with E-state index in [0.717, 1.165) is 5.56 Å². The Morgan fingerprint density at radius 2 is 1.79 bits per heavy atom. The number of benzene rings is 1. The van der Waals surface area contributed by atoms with Gasteiger partial charge in [0.25, 0.3) is 0 Å². The number of rotatable bonds is 5. The summed E-state index contributed by atoms with van der Waals surface area (Å²) in [7, 11) is 0. The number of carboxylic acids is 1. The molecule has 104 valence electrons. The van der Waals surface area contributed by atoms with Crippen LogP contribution in [0.2, 0.25) is 0 Å². The van der Waals surface area contributed by atoms with Crippen molar-refractivity contribution in [1.82, 2.24) is 0 Å². The minimum absolute atomic E-state index is 0.264. The van der Waals surface area contributed by atoms with Crippen LogP contribution in [0.3, 0.4) is 0 Å². The molecule has 0 saturated heterocycles. The van der Waals surface area contributed by atoms with Crippen LogP contribution >= 0.6 is 11.6 Å². The number of carboxylic acid groups (broad SMARTS) is 1. The van der Waals surface area contributed by atoms with Gasteiger partial charge >= 0.3 is 5.97 Å². The van der Waals surface area contributed by atoms with Crippen molar-refractivity contribution >= 4 is 17.6 Å². The maximum absolute atomic E-state index is 11.7. The molecule has 2 atom stereocenters. The van der Waals surface area contributed by atoms with E-state index >= 15 is 0 Å². The Morgan fingerprint density at radius 3 is 2.21 bits per heavy atom. The summed E-state index contributed by atoms with van der Waals surface area (Å²) in [4.78, 5) is 10.3. The van der Waals surface area contributed by atoms with Gasteiger partial charge in [0.15, 0.2) is 4.87 Å². The molecule has 0 radical (unpaired) electrons. The molecule has 0 aromatic heterocycles. The molecule has 0 aliphatic rings. The van der Waals surface area contributed by atoms with Gasteiger partial charge < -0.3 is 5.11 Å². The van der Waals surface area contributed by atoms with Gasteiger partial charge in [0.2, 0.25) is 0 Å². The lowest BCUT2D eigenvalue weighted by atomic mass is 9.81. The summed E-state index contributed by atoms with van der Waals surface area (Å²) in [6, 6.07) is 9.52. The van der Waals surface area contributed by atoms with Gasteiger partial charge in [-0.1, -0.05) is 57.2 Å². The predicted octanol–water partition coefficient (Wildman–Crippen LogP) is 4.45. The molecular weight excluding hydrogens is 260 g/mol. The monoisotopic (exact) mass is 280 g/mol. The summed E-state index contributed by atoms with van der Waals surface area (Å²) in [5.41, 5.74) is 1.62. The van der Waals surface area contributed by atoms with Crippen LogP contribution < -0.4 is 0 Å². The molecule has 1 N–H and O–H groups in total. The topological polar surface area (TPSA) is 37.3 Å². The number of allylic oxidation sites excluding steroid dienone is 1. The first-order chi connectivity index (χ1) is 8.80. The van der Waals surface area contributed by atoms with Crippen LogP contribution in [0.1, 0.15) is 39.2 Å². The molecule has 2 nitrogen and oxygen atoms in total. The van der Waals surface area contributed by atoms with E-state index in [1.54, 1.807) is 6.92 Å². The summed E-state index contributed by atoms with van der Waals surface area (Å²) in [5.74, 6) is -1.04. The van der Waals surface area contributed by atoms with Gasteiger partial charge in [0.1, 0.15) is 0 Å². The molecule has 0 saturated carbocycles. The summed E-state index contributed by atoms with van der Waals surface area (Å²) in [6.45, 7) is 7.67. The highest BCUT2D eigenvalue weighted by molar-refractivity contribution is 6.36. The van der Waals surface area contributed by atoms with Crippen LogP contribution in [0.15, 0.2) is 42.0 Å². The number of halogens is 1. The lowest BCUT2D eigenvalue weighted by Crippen LogP contribution is -2.39. The molecule has 2 unspecified atom stereocenters. The molecule has 3 heteroatoms. The third-order valence-electron chi connectivity index (χ3n) is 3.36. The second-order valence-corrected chi connectivity index (χ2v) is 5.84. The van der Waals surface area contributed by atoms with E-state index in [1.165, 1.54) is 0 Å². The average molecular weight is 281 g/mol. The van der Waals surface area contributed by atoms with Crippen LogP contribution in [0.4, 0.5) is 0 Å². The Morgan fingerprint density at radius 1 is 1.26 bits per heavy atom. The number of hydrogen-bond acceptors (Lipinski definition) is 1. The van der Waals surface area contributed by atoms with Crippen LogP contribution in [0.5, 0.6) is 0 Å². The van der Waals surface area contributed by atoms with Crippen molar-refractivity contribution in [1.29, 1.82) is 0 Å². The van der Waals surface area contributed by atoms with E-state index in [9.17, 15) is 9.90 Å². The third kappa shape index (κ3) is 3.38. The summed E-state index contributed by atoms with van der Waals surface area (Å²) < 4.78 is 0. The van der Waals surface area contributed by atoms with Gasteiger partial charge in [-0.15, -0.1) is 11.6 Å². The maximum Gasteiger partial charge on any atom is 0.329 e. The summed E-state index contributed by atoms with van der Waals surface area (Å²) in [5, 5.41) is 9.57. The molecular formula is C16H21ClO2. The first-order valence-corrected chi connectivity index (χ1v) is 6.84. The molecule has 0 aliphatic carbocycles. The second-order valence-electron chi connectivity index (χ2n) is 5.24. The van der Waals surface area contributed by atoms with Gasteiger partial charge in [-0.3, -0.25) is 0 Å². The zero-order chi connectivity index (χ0) is 14.6. The first kappa shape index (κ1) is 15.8. The van der Waals surface area contributed by atoms with Crippen LogP contribution in [-0.2, 0) is 4.79 Å². The Hall–Kier alpha value is -1.28. The fourth-order valence-electron chi connectivity index (χ4n) is 2.29. The van der Waals surface area contributed by atoms with Crippen molar-refractivity contribution in [3.63, 3.8) is 0 Å². The molecule has 0 aliphatic heterocycles. The Balaban J connectivity index is 3.24. The van der Waals surface area contributed by atoms with Crippen LogP contribution in [-0.4, -0.2) is 16.0 Å². The number of hydrogen-bond donors (Lipinski definition) is 1. The van der Waals surface area contributed by atoms with E-state index in [1.807, 2.05) is 57.2 Å². The van der Waals surface area contributed by atoms with Crippen molar-refractivity contribution in [2.24, 2.45) is 5.92 Å². The Kier molecular flexibility index (Phi) is 5.19. The molecule has 0 amide bonds. The molecule has 1 rings (SSSR count). The molecule has 0 bridgehead atoms. The maximum atomic E-state index is 11.7. The quantitative estimate of drug-likeness (QED) is 0.639. The summed E-state index contributed by atoms with van der Waals surface area (Å²) in [6.07, 6.45) is 1.92. The van der Waals surface area contributed by atoms with Crippen molar-refractivity contribution in [2.75, 3.05) is 0 Å². The second kappa shape index (κ2) is 6.25. The molecule has 0 fully saturated rings. The van der Waals surface area contributed by atoms with E-state index < -0.39 is 10.8 Å². The van der Waals surface area contributed by atoms with Gasteiger partial charge in [-0.05, 0) is 24.0 Å². The zero-order valence-electron chi connectivity index (χ0n) is 11.9. The SMILES string of the molecule is CC(=CC(C)C)C(Cl)(C(=O)O)C(C)c1ccccc1. The minimum atomic E-state index is -1.40. The smallest absolute Gasteiger partial charge is 0.329 e. The van der Waals surface area contributed by atoms with Crippen LogP contribution in [0.25, 0.3) is 0 Å². The highest BCUT2D eigenvalue weighted by atomic mass is 35.5. The minimum Gasteiger partial charge on any atom is -0.480 e. The Bertz CT molecular complexity index is 465. The summed E-state index contributed by atoms with van der Waals surface area (Å²) >= 11 is 6.49. The predicted molar refractivity (Wildman–Crippen MR) is 79.7 cm³/mol.